The first-order chi connectivity index (χ1) is 5.84. The molecule has 0 aliphatic rings. The Bertz CT molecular complexity index is 343. The molecule has 0 saturated heterocycles. The van der Waals surface area contributed by atoms with Gasteiger partial charge in [0.15, 0.2) is 11.5 Å². The number of aromatic carboxylic acids is 1. The molecule has 0 aromatic carbocycles. The van der Waals surface area contributed by atoms with Crippen LogP contribution in [0, 0.1) is 0 Å². The predicted molar refractivity (Wildman–Crippen MR) is 35.0 cm³/mol. The first kappa shape index (κ1) is 9.36. The van der Waals surface area contributed by atoms with Gasteiger partial charge in [0.2, 0.25) is 0 Å². The number of rotatable bonds is 1. The Morgan fingerprint density at radius 2 is 2.08 bits per heavy atom. The number of aromatic nitrogens is 2. The summed E-state index contributed by atoms with van der Waals surface area (Å²) in [5.41, 5.74) is 2.34. The van der Waals surface area contributed by atoms with Crippen LogP contribution in [0.25, 0.3) is 0 Å². The summed E-state index contributed by atoms with van der Waals surface area (Å²) in [5, 5.41) is 13.0. The molecule has 72 valence electrons. The molecule has 1 heterocycles. The largest absolute Gasteiger partial charge is 0.477 e. The van der Waals surface area contributed by atoms with Gasteiger partial charge in [-0.05, 0) is 0 Å². The monoisotopic (exact) mass is 195 g/mol. The van der Waals surface area contributed by atoms with Gasteiger partial charge >= 0.3 is 12.1 Å². The zero-order chi connectivity index (χ0) is 10.2. The van der Waals surface area contributed by atoms with E-state index in [0.717, 1.165) is 0 Å². The number of nitrogens with zero attached hydrogens (tertiary/aromatic N) is 1. The summed E-state index contributed by atoms with van der Waals surface area (Å²) in [6.45, 7) is 0. The number of hydrogen-bond donors (Lipinski definition) is 3. The number of nitrogens with two attached hydrogens (primary N) is 1. The number of aromatic amines is 1. The molecule has 1 rings (SSSR count). The number of nitrogen functional groups attached to an aromatic ring is 1. The van der Waals surface area contributed by atoms with E-state index in [1.54, 1.807) is 5.10 Å². The molecule has 0 radical (unpaired) electrons. The topological polar surface area (TPSA) is 92.0 Å². The number of anilines is 1. The van der Waals surface area contributed by atoms with Gasteiger partial charge in [-0.1, -0.05) is 0 Å². The van der Waals surface area contributed by atoms with E-state index >= 15 is 0 Å². The Morgan fingerprint density at radius 1 is 1.54 bits per heavy atom. The second-order valence-corrected chi connectivity index (χ2v) is 2.16. The molecule has 0 aliphatic heterocycles. The lowest BCUT2D eigenvalue weighted by atomic mass is 10.2. The molecule has 0 atom stereocenters. The molecule has 0 saturated carbocycles. The van der Waals surface area contributed by atoms with E-state index in [9.17, 15) is 18.0 Å². The molecule has 8 heteroatoms. The number of alkyl halides is 3. The number of hydrogen-bond acceptors (Lipinski definition) is 3. The van der Waals surface area contributed by atoms with Gasteiger partial charge < -0.3 is 10.8 Å². The first-order valence-electron chi connectivity index (χ1n) is 2.98. The van der Waals surface area contributed by atoms with Crippen molar-refractivity contribution in [2.75, 3.05) is 5.73 Å². The minimum absolute atomic E-state index is 0.870. The summed E-state index contributed by atoms with van der Waals surface area (Å²) >= 11 is 0. The van der Waals surface area contributed by atoms with Crippen molar-refractivity contribution in [1.82, 2.24) is 10.2 Å². The molecule has 4 N–H and O–H groups in total. The van der Waals surface area contributed by atoms with Crippen LogP contribution in [-0.2, 0) is 6.18 Å². The summed E-state index contributed by atoms with van der Waals surface area (Å²) < 4.78 is 36.3. The van der Waals surface area contributed by atoms with Crippen molar-refractivity contribution >= 4 is 11.8 Å². The maximum Gasteiger partial charge on any atom is 0.422 e. The van der Waals surface area contributed by atoms with E-state index in [-0.39, 0.29) is 0 Å². The molecule has 1 aromatic heterocycles. The summed E-state index contributed by atoms with van der Waals surface area (Å²) in [7, 11) is 0. The smallest absolute Gasteiger partial charge is 0.422 e. The van der Waals surface area contributed by atoms with Crippen LogP contribution in [0.5, 0.6) is 0 Å². The van der Waals surface area contributed by atoms with Crippen LogP contribution in [0.1, 0.15) is 16.1 Å². The molecule has 0 amide bonds. The van der Waals surface area contributed by atoms with Gasteiger partial charge in [-0.2, -0.15) is 18.3 Å². The van der Waals surface area contributed by atoms with E-state index in [0.29, 0.717) is 0 Å². The van der Waals surface area contributed by atoms with Crippen LogP contribution < -0.4 is 5.73 Å². The number of carboxylic acid groups (broad SMARTS) is 1. The van der Waals surface area contributed by atoms with E-state index in [2.05, 4.69) is 5.10 Å². The van der Waals surface area contributed by atoms with Crippen molar-refractivity contribution in [2.45, 2.75) is 6.18 Å². The van der Waals surface area contributed by atoms with Crippen LogP contribution in [0.4, 0.5) is 19.0 Å². The van der Waals surface area contributed by atoms with Crippen molar-refractivity contribution < 1.29 is 23.1 Å². The van der Waals surface area contributed by atoms with Crippen molar-refractivity contribution in [1.29, 1.82) is 0 Å². The van der Waals surface area contributed by atoms with E-state index in [1.807, 2.05) is 0 Å². The van der Waals surface area contributed by atoms with E-state index in [4.69, 9.17) is 10.8 Å². The Kier molecular flexibility index (Phi) is 1.90. The van der Waals surface area contributed by atoms with Gasteiger partial charge in [-0.15, -0.1) is 0 Å². The van der Waals surface area contributed by atoms with Crippen molar-refractivity contribution in [3.63, 3.8) is 0 Å². The lowest BCUT2D eigenvalue weighted by molar-refractivity contribution is -0.137. The highest BCUT2D eigenvalue weighted by Crippen LogP contribution is 2.34. The fourth-order valence-electron chi connectivity index (χ4n) is 0.798. The van der Waals surface area contributed by atoms with Crippen molar-refractivity contribution in [2.24, 2.45) is 0 Å². The van der Waals surface area contributed by atoms with Crippen LogP contribution in [0.2, 0.25) is 0 Å². The van der Waals surface area contributed by atoms with Gasteiger partial charge in [0.25, 0.3) is 0 Å². The SMILES string of the molecule is Nc1n[nH]c(C(=O)O)c1C(F)(F)F. The zero-order valence-electron chi connectivity index (χ0n) is 6.01. The maximum atomic E-state index is 12.1. The Hall–Kier alpha value is -1.73. The molecular weight excluding hydrogens is 191 g/mol. The van der Waals surface area contributed by atoms with Crippen molar-refractivity contribution in [3.8, 4) is 0 Å². The van der Waals surface area contributed by atoms with Crippen LogP contribution in [-0.4, -0.2) is 21.3 Å². The molecule has 0 bridgehead atoms. The number of carboxylic acids is 1. The highest BCUT2D eigenvalue weighted by molar-refractivity contribution is 5.88. The summed E-state index contributed by atoms with van der Waals surface area (Å²) in [6.07, 6.45) is -4.81. The van der Waals surface area contributed by atoms with Crippen LogP contribution in [0.15, 0.2) is 0 Å². The van der Waals surface area contributed by atoms with Gasteiger partial charge in [0.05, 0.1) is 0 Å². The third-order valence-electron chi connectivity index (χ3n) is 1.29. The quantitative estimate of drug-likeness (QED) is 0.615. The molecule has 0 unspecified atom stereocenters. The average molecular weight is 195 g/mol. The highest BCUT2D eigenvalue weighted by atomic mass is 19.4. The van der Waals surface area contributed by atoms with Gasteiger partial charge in [-0.25, -0.2) is 4.79 Å². The number of H-pyrrole nitrogens is 1. The average Bonchev–Trinajstić information content (AvgIpc) is 2.28. The van der Waals surface area contributed by atoms with Crippen LogP contribution in [0.3, 0.4) is 0 Å². The molecule has 0 aliphatic carbocycles. The lowest BCUT2D eigenvalue weighted by Gasteiger charge is -2.04. The van der Waals surface area contributed by atoms with Crippen LogP contribution >= 0.6 is 0 Å². The number of carbonyl (C=O) groups is 1. The Morgan fingerprint density at radius 3 is 2.38 bits per heavy atom. The zero-order valence-corrected chi connectivity index (χ0v) is 6.01. The molecule has 0 spiro atoms. The molecule has 5 nitrogen and oxygen atoms in total. The minimum Gasteiger partial charge on any atom is -0.477 e. The third-order valence-corrected chi connectivity index (χ3v) is 1.29. The maximum absolute atomic E-state index is 12.1. The molecule has 0 fully saturated rings. The Balaban J connectivity index is 3.33. The molecule has 1 aromatic rings. The standard InChI is InChI=1S/C5H4F3N3O2/c6-5(7,8)1-2(4(12)13)10-11-3(1)9/h(H,12,13)(H3,9,10,11). The fraction of sp³-hybridized carbons (Fsp3) is 0.200. The van der Waals surface area contributed by atoms with Gasteiger partial charge in [0, 0.05) is 0 Å². The third kappa shape index (κ3) is 1.55. The molecule has 13 heavy (non-hydrogen) atoms. The number of halogens is 3. The Labute approximate surface area is 69.4 Å². The first-order valence-corrected chi connectivity index (χ1v) is 2.98. The fourth-order valence-corrected chi connectivity index (χ4v) is 0.798. The predicted octanol–water partition coefficient (Wildman–Crippen LogP) is 0.709. The van der Waals surface area contributed by atoms with Crippen molar-refractivity contribution in [3.05, 3.63) is 11.3 Å². The summed E-state index contributed by atoms with van der Waals surface area (Å²) in [4.78, 5) is 10.3. The van der Waals surface area contributed by atoms with E-state index < -0.39 is 29.2 Å². The second-order valence-electron chi connectivity index (χ2n) is 2.16. The second kappa shape index (κ2) is 2.64. The van der Waals surface area contributed by atoms with E-state index in [1.165, 1.54) is 0 Å². The summed E-state index contributed by atoms with van der Waals surface area (Å²) in [5.74, 6) is -2.62. The van der Waals surface area contributed by atoms with Gasteiger partial charge in [-0.3, -0.25) is 5.10 Å². The normalized spacial score (nSPS) is 11.6. The number of nitrogens with one attached hydrogen (secondary N) is 1. The lowest BCUT2D eigenvalue weighted by Crippen LogP contribution is -2.13. The molecular formula is C5H4F3N3O2. The minimum atomic E-state index is -4.81. The highest BCUT2D eigenvalue weighted by Gasteiger charge is 2.40. The summed E-state index contributed by atoms with van der Waals surface area (Å²) in [6, 6.07) is 0. The van der Waals surface area contributed by atoms with Gasteiger partial charge in [0.1, 0.15) is 5.56 Å².